The molecule has 0 saturated carbocycles. The largest absolute Gasteiger partial charge is 0.456 e. The molecule has 0 bridgehead atoms. The average Bonchev–Trinajstić information content (AvgIpc) is 3.65. The second kappa shape index (κ2) is 9.69. The number of fused-ring (bicyclic) bond motifs is 11. The van der Waals surface area contributed by atoms with Crippen LogP contribution in [0.2, 0.25) is 0 Å². The zero-order chi connectivity index (χ0) is 32.3. The molecule has 1 nitrogen and oxygen atoms in total. The molecule has 1 unspecified atom stereocenters. The molecule has 1 aliphatic carbocycles. The molecule has 0 spiro atoms. The number of rotatable bonds is 2. The van der Waals surface area contributed by atoms with Crippen LogP contribution in [0, 0.1) is 0 Å². The van der Waals surface area contributed by atoms with Gasteiger partial charge < -0.3 is 4.42 Å². The zero-order valence-electron chi connectivity index (χ0n) is 27.0. The quantitative estimate of drug-likeness (QED) is 0.138. The molecule has 11 rings (SSSR count). The summed E-state index contributed by atoms with van der Waals surface area (Å²) in [4.78, 5) is 0. The van der Waals surface area contributed by atoms with Gasteiger partial charge in [-0.15, -0.1) is 0 Å². The molecule has 49 heavy (non-hydrogen) atoms. The molecule has 9 aromatic carbocycles. The van der Waals surface area contributed by atoms with Gasteiger partial charge in [0.25, 0.3) is 0 Å². The highest BCUT2D eigenvalue weighted by Gasteiger charge is 2.41. The summed E-state index contributed by atoms with van der Waals surface area (Å²) in [5.74, 6) is 0. The minimum absolute atomic E-state index is 0.385. The van der Waals surface area contributed by atoms with Gasteiger partial charge in [0, 0.05) is 16.2 Å². The second-order valence-electron chi connectivity index (χ2n) is 13.8. The van der Waals surface area contributed by atoms with Crippen molar-refractivity contribution in [3.05, 3.63) is 180 Å². The van der Waals surface area contributed by atoms with Gasteiger partial charge in [0.2, 0.25) is 0 Å². The maximum Gasteiger partial charge on any atom is 0.135 e. The van der Waals surface area contributed by atoms with Crippen LogP contribution < -0.4 is 0 Å². The van der Waals surface area contributed by atoms with Crippen molar-refractivity contribution in [2.24, 2.45) is 0 Å². The molecular formula is C48H30O. The van der Waals surface area contributed by atoms with E-state index in [0.29, 0.717) is 0 Å². The Labute approximate surface area is 283 Å². The summed E-state index contributed by atoms with van der Waals surface area (Å²) in [5.41, 5.74) is 10.6. The van der Waals surface area contributed by atoms with E-state index in [9.17, 15) is 0 Å². The van der Waals surface area contributed by atoms with Crippen LogP contribution in [-0.2, 0) is 5.41 Å². The third-order valence-corrected chi connectivity index (χ3v) is 11.3. The van der Waals surface area contributed by atoms with Crippen molar-refractivity contribution < 1.29 is 4.42 Å². The molecule has 1 heterocycles. The van der Waals surface area contributed by atoms with Crippen LogP contribution >= 0.6 is 0 Å². The number of hydrogen-bond donors (Lipinski definition) is 0. The Hall–Kier alpha value is -6.18. The third-order valence-electron chi connectivity index (χ3n) is 11.3. The SMILES string of the molecule is CC1(c2ccc3oc4ccccc4c3c2)c2cc(-c3c4ccccc4cc4c3ccc3ccccc34)ccc2-c2cc3ccccc3cc21. The van der Waals surface area contributed by atoms with Crippen LogP contribution in [0.5, 0.6) is 0 Å². The van der Waals surface area contributed by atoms with Gasteiger partial charge in [-0.1, -0.05) is 121 Å². The minimum Gasteiger partial charge on any atom is -0.456 e. The van der Waals surface area contributed by atoms with Gasteiger partial charge in [0.05, 0.1) is 0 Å². The molecule has 1 atom stereocenters. The van der Waals surface area contributed by atoms with Crippen molar-refractivity contribution in [1.82, 2.24) is 0 Å². The maximum absolute atomic E-state index is 6.29. The smallest absolute Gasteiger partial charge is 0.135 e. The van der Waals surface area contributed by atoms with Gasteiger partial charge in [-0.3, -0.25) is 0 Å². The molecule has 1 aliphatic rings. The lowest BCUT2D eigenvalue weighted by Gasteiger charge is -2.29. The van der Waals surface area contributed by atoms with Crippen molar-refractivity contribution in [1.29, 1.82) is 0 Å². The predicted octanol–water partition coefficient (Wildman–Crippen LogP) is 13.2. The van der Waals surface area contributed by atoms with Crippen LogP contribution in [0.25, 0.3) is 87.3 Å². The van der Waals surface area contributed by atoms with Crippen molar-refractivity contribution >= 4 is 65.0 Å². The van der Waals surface area contributed by atoms with E-state index in [4.69, 9.17) is 4.42 Å². The number of furan rings is 1. The fourth-order valence-electron chi connectivity index (χ4n) is 8.85. The van der Waals surface area contributed by atoms with Crippen LogP contribution in [0.1, 0.15) is 23.6 Å². The monoisotopic (exact) mass is 622 g/mol. The van der Waals surface area contributed by atoms with Crippen LogP contribution in [0.4, 0.5) is 0 Å². The molecule has 0 amide bonds. The summed E-state index contributed by atoms with van der Waals surface area (Å²) in [6, 6.07) is 60.6. The number of benzene rings is 9. The first-order valence-electron chi connectivity index (χ1n) is 17.1. The molecule has 228 valence electrons. The summed E-state index contributed by atoms with van der Waals surface area (Å²) in [6.07, 6.45) is 0. The van der Waals surface area contributed by atoms with Gasteiger partial charge in [-0.2, -0.15) is 0 Å². The van der Waals surface area contributed by atoms with E-state index in [2.05, 4.69) is 165 Å². The molecule has 0 saturated heterocycles. The summed E-state index contributed by atoms with van der Waals surface area (Å²) in [5, 5.41) is 12.5. The fraction of sp³-hybridized carbons (Fsp3) is 0.0417. The Balaban J connectivity index is 1.23. The fourth-order valence-corrected chi connectivity index (χ4v) is 8.85. The van der Waals surface area contributed by atoms with E-state index in [0.717, 1.165) is 21.9 Å². The highest BCUT2D eigenvalue weighted by Crippen LogP contribution is 2.55. The topological polar surface area (TPSA) is 13.1 Å². The van der Waals surface area contributed by atoms with Gasteiger partial charge in [0.15, 0.2) is 0 Å². The average molecular weight is 623 g/mol. The molecule has 10 aromatic rings. The lowest BCUT2D eigenvalue weighted by atomic mass is 9.73. The standard InChI is InChI=1S/C48H30O/c1-48(34-20-23-46-42(28-34)38-16-8-9-17-45(38)49-46)43-27-33(19-21-37(43)41-24-30-11-2-3-12-31(30)26-44(41)48)47-36-15-7-5-13-32(36)25-40-35-14-6-4-10-29(35)18-22-39(40)47/h2-28H,1H3. The van der Waals surface area contributed by atoms with Crippen molar-refractivity contribution in [3.63, 3.8) is 0 Å². The van der Waals surface area contributed by atoms with E-state index in [1.165, 1.54) is 82.0 Å². The lowest BCUT2D eigenvalue weighted by molar-refractivity contribution is 0.667. The number of para-hydroxylation sites is 1. The van der Waals surface area contributed by atoms with E-state index in [-0.39, 0.29) is 5.41 Å². The summed E-state index contributed by atoms with van der Waals surface area (Å²) in [7, 11) is 0. The van der Waals surface area contributed by atoms with Crippen LogP contribution in [0.3, 0.4) is 0 Å². The van der Waals surface area contributed by atoms with Gasteiger partial charge >= 0.3 is 0 Å². The van der Waals surface area contributed by atoms with Gasteiger partial charge in [0.1, 0.15) is 11.2 Å². The number of hydrogen-bond acceptors (Lipinski definition) is 1. The maximum atomic E-state index is 6.29. The van der Waals surface area contributed by atoms with Crippen LogP contribution in [-0.4, -0.2) is 0 Å². The first-order valence-corrected chi connectivity index (χ1v) is 17.1. The third kappa shape index (κ3) is 3.65. The van der Waals surface area contributed by atoms with Crippen molar-refractivity contribution in [2.75, 3.05) is 0 Å². The predicted molar refractivity (Wildman–Crippen MR) is 207 cm³/mol. The molecular weight excluding hydrogens is 593 g/mol. The van der Waals surface area contributed by atoms with E-state index >= 15 is 0 Å². The Morgan fingerprint density at radius 3 is 1.92 bits per heavy atom. The summed E-state index contributed by atoms with van der Waals surface area (Å²) < 4.78 is 6.29. The molecule has 0 N–H and O–H groups in total. The Morgan fingerprint density at radius 1 is 0.388 bits per heavy atom. The Kier molecular flexibility index (Phi) is 5.31. The van der Waals surface area contributed by atoms with Crippen molar-refractivity contribution in [3.8, 4) is 22.3 Å². The van der Waals surface area contributed by atoms with Crippen molar-refractivity contribution in [2.45, 2.75) is 12.3 Å². The summed E-state index contributed by atoms with van der Waals surface area (Å²) >= 11 is 0. The highest BCUT2D eigenvalue weighted by atomic mass is 16.3. The van der Waals surface area contributed by atoms with E-state index < -0.39 is 0 Å². The zero-order valence-corrected chi connectivity index (χ0v) is 27.0. The van der Waals surface area contributed by atoms with E-state index in [1.54, 1.807) is 0 Å². The normalized spacial score (nSPS) is 15.5. The minimum atomic E-state index is -0.385. The van der Waals surface area contributed by atoms with Crippen LogP contribution in [0.15, 0.2) is 168 Å². The molecule has 1 aromatic heterocycles. The molecule has 0 radical (unpaired) electrons. The molecule has 0 fully saturated rings. The first-order chi connectivity index (χ1) is 24.1. The van der Waals surface area contributed by atoms with Gasteiger partial charge in [-0.05, 0) is 131 Å². The lowest BCUT2D eigenvalue weighted by Crippen LogP contribution is -2.22. The Bertz CT molecular complexity index is 3010. The summed E-state index contributed by atoms with van der Waals surface area (Å²) in [6.45, 7) is 2.42. The van der Waals surface area contributed by atoms with E-state index in [1.807, 2.05) is 6.07 Å². The molecule has 1 heteroatoms. The highest BCUT2D eigenvalue weighted by molar-refractivity contribution is 6.20. The second-order valence-corrected chi connectivity index (χ2v) is 13.8. The van der Waals surface area contributed by atoms with Gasteiger partial charge in [-0.25, -0.2) is 0 Å². The Morgan fingerprint density at radius 2 is 1.06 bits per heavy atom. The first kappa shape index (κ1) is 26.8. The molecule has 0 aliphatic heterocycles.